The molecule has 0 spiro atoms. The fourth-order valence-electron chi connectivity index (χ4n) is 7.53. The SMILES string of the molecule is CC(C)=C1CC[C@]2(COC(=O)c3ccccc3)[C@@H](OC(=O)c3ccccc3)/C=C(\C)CC[C@H]3O[C@@]3(C)C[C@@H](OC(=O)c3cccnc3)[C@@H]12. The van der Waals surface area contributed by atoms with Crippen LogP contribution in [0.3, 0.4) is 0 Å². The summed E-state index contributed by atoms with van der Waals surface area (Å²) in [7, 11) is 0. The number of carbonyl (C=O) groups is 3. The lowest BCUT2D eigenvalue weighted by Crippen LogP contribution is -2.50. The Labute approximate surface area is 282 Å². The summed E-state index contributed by atoms with van der Waals surface area (Å²) in [6.07, 6.45) is 6.77. The maximum absolute atomic E-state index is 13.8. The second-order valence-corrected chi connectivity index (χ2v) is 13.7. The average Bonchev–Trinajstić information content (AvgIpc) is 3.57. The van der Waals surface area contributed by atoms with Gasteiger partial charge >= 0.3 is 17.9 Å². The number of hydrogen-bond donors (Lipinski definition) is 0. The number of rotatable bonds is 7. The molecule has 0 N–H and O–H groups in total. The van der Waals surface area contributed by atoms with Crippen LogP contribution in [0.4, 0.5) is 0 Å². The number of epoxide rings is 1. The van der Waals surface area contributed by atoms with Gasteiger partial charge in [0.2, 0.25) is 0 Å². The van der Waals surface area contributed by atoms with Gasteiger partial charge in [-0.15, -0.1) is 0 Å². The summed E-state index contributed by atoms with van der Waals surface area (Å²) in [5.41, 5.74) is 2.94. The highest BCUT2D eigenvalue weighted by Gasteiger charge is 2.61. The van der Waals surface area contributed by atoms with Crippen molar-refractivity contribution >= 4 is 17.9 Å². The first-order valence-electron chi connectivity index (χ1n) is 16.7. The van der Waals surface area contributed by atoms with Crippen LogP contribution in [0.15, 0.2) is 108 Å². The van der Waals surface area contributed by atoms with E-state index in [1.54, 1.807) is 66.9 Å². The summed E-state index contributed by atoms with van der Waals surface area (Å²) in [5, 5.41) is 0. The number of pyridine rings is 1. The minimum Gasteiger partial charge on any atom is -0.461 e. The van der Waals surface area contributed by atoms with E-state index in [9.17, 15) is 14.4 Å². The molecule has 8 heteroatoms. The lowest BCUT2D eigenvalue weighted by Gasteiger charge is -2.43. The van der Waals surface area contributed by atoms with Crippen LogP contribution in [0.5, 0.6) is 0 Å². The van der Waals surface area contributed by atoms with Gasteiger partial charge in [0.1, 0.15) is 18.8 Å². The maximum atomic E-state index is 13.8. The maximum Gasteiger partial charge on any atom is 0.339 e. The van der Waals surface area contributed by atoms with Crippen LogP contribution in [-0.4, -0.2) is 53.4 Å². The second kappa shape index (κ2) is 13.9. The molecule has 8 nitrogen and oxygen atoms in total. The van der Waals surface area contributed by atoms with Gasteiger partial charge in [0.05, 0.1) is 33.8 Å². The normalized spacial score (nSPS) is 29.2. The Morgan fingerprint density at radius 3 is 2.15 bits per heavy atom. The van der Waals surface area contributed by atoms with E-state index < -0.39 is 47.0 Å². The average molecular weight is 650 g/mol. The molecule has 2 fully saturated rings. The Morgan fingerprint density at radius 2 is 1.50 bits per heavy atom. The first kappa shape index (κ1) is 33.3. The first-order valence-corrected chi connectivity index (χ1v) is 16.7. The zero-order valence-corrected chi connectivity index (χ0v) is 28.0. The van der Waals surface area contributed by atoms with Gasteiger partial charge in [-0.1, -0.05) is 53.1 Å². The highest BCUT2D eigenvalue weighted by atomic mass is 16.6. The van der Waals surface area contributed by atoms with Crippen molar-refractivity contribution in [2.24, 2.45) is 11.3 Å². The third kappa shape index (κ3) is 6.99. The van der Waals surface area contributed by atoms with E-state index in [-0.39, 0.29) is 12.7 Å². The van der Waals surface area contributed by atoms with E-state index >= 15 is 0 Å². The van der Waals surface area contributed by atoms with Crippen molar-refractivity contribution in [1.82, 2.24) is 4.98 Å². The largest absolute Gasteiger partial charge is 0.461 e. The number of ether oxygens (including phenoxy) is 4. The van der Waals surface area contributed by atoms with Crippen molar-refractivity contribution in [2.75, 3.05) is 6.61 Å². The van der Waals surface area contributed by atoms with Crippen LogP contribution in [0, 0.1) is 11.3 Å². The number of benzene rings is 2. The molecule has 3 aromatic rings. The van der Waals surface area contributed by atoms with Gasteiger partial charge in [-0.2, -0.15) is 0 Å². The summed E-state index contributed by atoms with van der Waals surface area (Å²) in [4.78, 5) is 45.2. The van der Waals surface area contributed by atoms with E-state index in [0.29, 0.717) is 36.0 Å². The van der Waals surface area contributed by atoms with Gasteiger partial charge in [-0.05, 0) is 95.9 Å². The van der Waals surface area contributed by atoms with Crippen molar-refractivity contribution in [1.29, 1.82) is 0 Å². The Kier molecular flexibility index (Phi) is 9.65. The molecule has 48 heavy (non-hydrogen) atoms. The fourth-order valence-corrected chi connectivity index (χ4v) is 7.53. The van der Waals surface area contributed by atoms with Crippen molar-refractivity contribution in [3.63, 3.8) is 0 Å². The number of fused-ring (bicyclic) bond motifs is 2. The van der Waals surface area contributed by atoms with Crippen LogP contribution in [0.1, 0.15) is 90.9 Å². The summed E-state index contributed by atoms with van der Waals surface area (Å²) >= 11 is 0. The van der Waals surface area contributed by atoms with Crippen LogP contribution in [-0.2, 0) is 18.9 Å². The zero-order valence-electron chi connectivity index (χ0n) is 28.0. The van der Waals surface area contributed by atoms with Crippen molar-refractivity contribution in [3.8, 4) is 0 Å². The van der Waals surface area contributed by atoms with E-state index in [1.165, 1.54) is 6.20 Å². The summed E-state index contributed by atoms with van der Waals surface area (Å²) in [6.45, 7) is 8.16. The van der Waals surface area contributed by atoms with Gasteiger partial charge in [0, 0.05) is 24.7 Å². The number of hydrogen-bond acceptors (Lipinski definition) is 8. The van der Waals surface area contributed by atoms with Gasteiger partial charge in [-0.25, -0.2) is 14.4 Å². The van der Waals surface area contributed by atoms with E-state index in [2.05, 4.69) is 25.8 Å². The molecule has 6 rings (SSSR count). The van der Waals surface area contributed by atoms with Crippen LogP contribution in [0.2, 0.25) is 0 Å². The summed E-state index contributed by atoms with van der Waals surface area (Å²) in [6, 6.07) is 21.1. The molecule has 0 bridgehead atoms. The van der Waals surface area contributed by atoms with Crippen molar-refractivity contribution in [3.05, 3.63) is 125 Å². The topological polar surface area (TPSA) is 104 Å². The lowest BCUT2D eigenvalue weighted by molar-refractivity contribution is -0.0796. The minimum absolute atomic E-state index is 0.00859. The van der Waals surface area contributed by atoms with Gasteiger partial charge < -0.3 is 18.9 Å². The van der Waals surface area contributed by atoms with E-state index in [1.807, 2.05) is 25.1 Å². The Bertz CT molecular complexity index is 1700. The molecular weight excluding hydrogens is 606 g/mol. The molecule has 2 aromatic carbocycles. The standard InChI is InChI=1S/C40H43NO7/c1-26(2)31-19-20-40(25-45-36(42)28-12-7-5-8-13-28)34(47-37(43)29-14-9-6-10-15-29)22-27(3)17-18-33-39(4,48-33)23-32(35(31)40)46-38(44)30-16-11-21-41-24-30/h5-16,21-22,24,32-35H,17-20,23,25H2,1-4H3/b27-22+/t32-,33-,34+,35-,39+,40+/m1/s1. The van der Waals surface area contributed by atoms with Gasteiger partial charge in [-0.3, -0.25) is 4.98 Å². The van der Waals surface area contributed by atoms with Gasteiger partial charge in [0.25, 0.3) is 0 Å². The zero-order chi connectivity index (χ0) is 33.9. The second-order valence-electron chi connectivity index (χ2n) is 13.7. The third-order valence-corrected chi connectivity index (χ3v) is 10.2. The number of aromatic nitrogens is 1. The van der Waals surface area contributed by atoms with Crippen LogP contribution in [0.25, 0.3) is 0 Å². The molecule has 0 radical (unpaired) electrons. The quantitative estimate of drug-likeness (QED) is 0.111. The van der Waals surface area contributed by atoms with Crippen molar-refractivity contribution < 1.29 is 33.3 Å². The number of esters is 3. The molecule has 1 saturated heterocycles. The number of nitrogens with zero attached hydrogens (tertiary/aromatic N) is 1. The highest BCUT2D eigenvalue weighted by molar-refractivity contribution is 5.90. The molecule has 1 saturated carbocycles. The third-order valence-electron chi connectivity index (χ3n) is 10.2. The molecule has 2 aliphatic carbocycles. The van der Waals surface area contributed by atoms with Crippen molar-refractivity contribution in [2.45, 2.75) is 83.7 Å². The molecule has 0 unspecified atom stereocenters. The fraction of sp³-hybridized carbons (Fsp3) is 0.400. The van der Waals surface area contributed by atoms with Gasteiger partial charge in [0.15, 0.2) is 0 Å². The molecule has 6 atom stereocenters. The molecule has 2 heterocycles. The summed E-state index contributed by atoms with van der Waals surface area (Å²) in [5.74, 6) is -1.90. The summed E-state index contributed by atoms with van der Waals surface area (Å²) < 4.78 is 25.5. The smallest absolute Gasteiger partial charge is 0.339 e. The van der Waals surface area contributed by atoms with E-state index in [4.69, 9.17) is 18.9 Å². The first-order chi connectivity index (χ1) is 23.1. The predicted octanol–water partition coefficient (Wildman–Crippen LogP) is 7.71. The molecule has 1 aromatic heterocycles. The number of allylic oxidation sites excluding steroid dienone is 2. The lowest BCUT2D eigenvalue weighted by atomic mass is 9.68. The van der Waals surface area contributed by atoms with Crippen LogP contribution < -0.4 is 0 Å². The molecule has 3 aliphatic rings. The number of carbonyl (C=O) groups excluding carboxylic acids is 3. The molecule has 1 aliphatic heterocycles. The molecule has 0 amide bonds. The minimum atomic E-state index is -0.965. The Hall–Kier alpha value is -4.56. The Morgan fingerprint density at radius 1 is 0.854 bits per heavy atom. The Balaban J connectivity index is 1.49. The monoisotopic (exact) mass is 649 g/mol. The highest BCUT2D eigenvalue weighted by Crippen LogP contribution is 2.57. The predicted molar refractivity (Wildman–Crippen MR) is 180 cm³/mol. The molecular formula is C40H43NO7. The van der Waals surface area contributed by atoms with E-state index in [0.717, 1.165) is 29.6 Å². The van der Waals surface area contributed by atoms with Crippen LogP contribution >= 0.6 is 0 Å². The molecule has 250 valence electrons.